The highest BCUT2D eigenvalue weighted by Gasteiger charge is 2.18. The number of rotatable bonds is 3. The lowest BCUT2D eigenvalue weighted by Gasteiger charge is -2.35. The van der Waals surface area contributed by atoms with Crippen LogP contribution in [0.2, 0.25) is 0 Å². The van der Waals surface area contributed by atoms with E-state index in [4.69, 9.17) is 5.73 Å². The molecule has 1 aromatic carbocycles. The van der Waals surface area contributed by atoms with Gasteiger partial charge < -0.3 is 10.6 Å². The zero-order chi connectivity index (χ0) is 13.1. The average molecular weight is 275 g/mol. The van der Waals surface area contributed by atoms with Crippen LogP contribution in [0.15, 0.2) is 30.3 Å². The highest BCUT2D eigenvalue weighted by molar-refractivity contribution is 7.09. The van der Waals surface area contributed by atoms with Crippen molar-refractivity contribution in [3.05, 3.63) is 36.0 Å². The van der Waals surface area contributed by atoms with Gasteiger partial charge in [0.15, 0.2) is 0 Å². The monoisotopic (exact) mass is 275 g/mol. The van der Waals surface area contributed by atoms with E-state index in [9.17, 15) is 0 Å². The minimum absolute atomic E-state index is 0.741. The van der Waals surface area contributed by atoms with Gasteiger partial charge in [0, 0.05) is 49.9 Å². The summed E-state index contributed by atoms with van der Waals surface area (Å²) in [5, 5.41) is 4.82. The van der Waals surface area contributed by atoms with Gasteiger partial charge in [-0.3, -0.25) is 4.90 Å². The molecule has 0 spiro atoms. The molecule has 6 heteroatoms. The zero-order valence-electron chi connectivity index (χ0n) is 10.7. The van der Waals surface area contributed by atoms with Crippen molar-refractivity contribution < 1.29 is 0 Å². The number of benzene rings is 1. The van der Waals surface area contributed by atoms with Gasteiger partial charge in [0.1, 0.15) is 10.7 Å². The molecule has 2 heterocycles. The van der Waals surface area contributed by atoms with Crippen LogP contribution in [0.3, 0.4) is 0 Å². The SMILES string of the molecule is Nc1snnc1CN1CCN(c2ccccc2)CC1. The van der Waals surface area contributed by atoms with Gasteiger partial charge in [0.2, 0.25) is 0 Å². The van der Waals surface area contributed by atoms with E-state index in [-0.39, 0.29) is 0 Å². The Morgan fingerprint density at radius 2 is 1.84 bits per heavy atom. The number of anilines is 2. The Kier molecular flexibility index (Phi) is 3.61. The zero-order valence-corrected chi connectivity index (χ0v) is 11.5. The van der Waals surface area contributed by atoms with Crippen molar-refractivity contribution in [2.75, 3.05) is 36.8 Å². The molecule has 1 fully saturated rings. The van der Waals surface area contributed by atoms with Gasteiger partial charge in [0.25, 0.3) is 0 Å². The van der Waals surface area contributed by atoms with Crippen molar-refractivity contribution in [2.24, 2.45) is 0 Å². The van der Waals surface area contributed by atoms with Crippen LogP contribution in [0.4, 0.5) is 10.7 Å². The number of para-hydroxylation sites is 1. The van der Waals surface area contributed by atoms with Crippen molar-refractivity contribution in [3.63, 3.8) is 0 Å². The molecule has 3 rings (SSSR count). The molecule has 1 saturated heterocycles. The van der Waals surface area contributed by atoms with E-state index in [0.29, 0.717) is 0 Å². The minimum Gasteiger partial charge on any atom is -0.388 e. The molecule has 1 aromatic heterocycles. The Bertz CT molecular complexity index is 519. The van der Waals surface area contributed by atoms with Crippen LogP contribution in [0.5, 0.6) is 0 Å². The first kappa shape index (κ1) is 12.4. The van der Waals surface area contributed by atoms with Crippen LogP contribution in [0, 0.1) is 0 Å². The summed E-state index contributed by atoms with van der Waals surface area (Å²) >= 11 is 1.27. The number of nitrogens with zero attached hydrogens (tertiary/aromatic N) is 4. The maximum Gasteiger partial charge on any atom is 0.132 e. The number of nitrogens with two attached hydrogens (primary N) is 1. The van der Waals surface area contributed by atoms with E-state index in [1.807, 2.05) is 0 Å². The first-order chi connectivity index (χ1) is 9.33. The van der Waals surface area contributed by atoms with Crippen LogP contribution in [0.25, 0.3) is 0 Å². The Balaban J connectivity index is 1.57. The van der Waals surface area contributed by atoms with Gasteiger partial charge >= 0.3 is 0 Å². The van der Waals surface area contributed by atoms with Gasteiger partial charge in [-0.05, 0) is 12.1 Å². The lowest BCUT2D eigenvalue weighted by atomic mass is 10.2. The molecular formula is C13H17N5S. The molecule has 2 N–H and O–H groups in total. The average Bonchev–Trinajstić information content (AvgIpc) is 2.86. The second kappa shape index (κ2) is 5.54. The number of piperazine rings is 1. The lowest BCUT2D eigenvalue weighted by molar-refractivity contribution is 0.247. The normalized spacial score (nSPS) is 16.7. The topological polar surface area (TPSA) is 58.3 Å². The molecule has 1 aliphatic heterocycles. The van der Waals surface area contributed by atoms with E-state index in [2.05, 4.69) is 49.7 Å². The third-order valence-corrected chi connectivity index (χ3v) is 4.05. The molecule has 2 aromatic rings. The fourth-order valence-corrected chi connectivity index (χ4v) is 2.78. The van der Waals surface area contributed by atoms with E-state index < -0.39 is 0 Å². The van der Waals surface area contributed by atoms with Crippen LogP contribution < -0.4 is 10.6 Å². The molecule has 0 saturated carbocycles. The van der Waals surface area contributed by atoms with E-state index >= 15 is 0 Å². The van der Waals surface area contributed by atoms with Crippen LogP contribution in [0.1, 0.15) is 5.69 Å². The highest BCUT2D eigenvalue weighted by Crippen LogP contribution is 2.18. The molecule has 5 nitrogen and oxygen atoms in total. The van der Waals surface area contributed by atoms with E-state index in [1.54, 1.807) is 0 Å². The molecule has 0 radical (unpaired) electrons. The lowest BCUT2D eigenvalue weighted by Crippen LogP contribution is -2.46. The molecule has 0 atom stereocenters. The molecule has 0 bridgehead atoms. The minimum atomic E-state index is 0.741. The Labute approximate surface area is 116 Å². The van der Waals surface area contributed by atoms with Crippen LogP contribution >= 0.6 is 11.5 Å². The molecular weight excluding hydrogens is 258 g/mol. The second-order valence-electron chi connectivity index (χ2n) is 4.68. The number of hydrogen-bond acceptors (Lipinski definition) is 6. The second-order valence-corrected chi connectivity index (χ2v) is 5.47. The summed E-state index contributed by atoms with van der Waals surface area (Å²) < 4.78 is 3.88. The summed E-state index contributed by atoms with van der Waals surface area (Å²) in [6, 6.07) is 10.6. The third kappa shape index (κ3) is 2.85. The van der Waals surface area contributed by atoms with Crippen molar-refractivity contribution in [3.8, 4) is 0 Å². The van der Waals surface area contributed by atoms with Crippen molar-refractivity contribution in [1.29, 1.82) is 0 Å². The fraction of sp³-hybridized carbons (Fsp3) is 0.385. The molecule has 0 aliphatic carbocycles. The number of nitrogen functional groups attached to an aromatic ring is 1. The van der Waals surface area contributed by atoms with E-state index in [1.165, 1.54) is 17.2 Å². The summed E-state index contributed by atoms with van der Waals surface area (Å²) in [4.78, 5) is 4.80. The number of hydrogen-bond donors (Lipinski definition) is 1. The van der Waals surface area contributed by atoms with E-state index in [0.717, 1.165) is 43.4 Å². The Morgan fingerprint density at radius 1 is 1.11 bits per heavy atom. The fourth-order valence-electron chi connectivity index (χ4n) is 2.34. The summed E-state index contributed by atoms with van der Waals surface area (Å²) in [5.41, 5.74) is 8.05. The van der Waals surface area contributed by atoms with Crippen molar-refractivity contribution >= 4 is 22.2 Å². The summed E-state index contributed by atoms with van der Waals surface area (Å²) in [6.07, 6.45) is 0. The molecule has 1 aliphatic rings. The van der Waals surface area contributed by atoms with Crippen LogP contribution in [-0.2, 0) is 6.54 Å². The molecule has 0 unspecified atom stereocenters. The largest absolute Gasteiger partial charge is 0.388 e. The predicted molar refractivity (Wildman–Crippen MR) is 78.3 cm³/mol. The maximum atomic E-state index is 5.83. The van der Waals surface area contributed by atoms with Gasteiger partial charge in [-0.2, -0.15) is 0 Å². The summed E-state index contributed by atoms with van der Waals surface area (Å²) in [6.45, 7) is 4.96. The van der Waals surface area contributed by atoms with Gasteiger partial charge in [0.05, 0.1) is 0 Å². The smallest absolute Gasteiger partial charge is 0.132 e. The number of aromatic nitrogens is 2. The Morgan fingerprint density at radius 3 is 2.47 bits per heavy atom. The molecule has 0 amide bonds. The summed E-state index contributed by atoms with van der Waals surface area (Å²) in [5.74, 6) is 0. The summed E-state index contributed by atoms with van der Waals surface area (Å²) in [7, 11) is 0. The Hall–Kier alpha value is -1.66. The third-order valence-electron chi connectivity index (χ3n) is 3.45. The van der Waals surface area contributed by atoms with Crippen LogP contribution in [-0.4, -0.2) is 40.7 Å². The standard InChI is InChI=1S/C13H17N5S/c14-13-12(15-16-19-13)10-17-6-8-18(9-7-17)11-4-2-1-3-5-11/h1-5H,6-10,14H2. The predicted octanol–water partition coefficient (Wildman–Crippen LogP) is 1.44. The maximum absolute atomic E-state index is 5.83. The highest BCUT2D eigenvalue weighted by atomic mass is 32.1. The first-order valence-corrected chi connectivity index (χ1v) is 7.19. The van der Waals surface area contributed by atoms with Crippen molar-refractivity contribution in [2.45, 2.75) is 6.54 Å². The van der Waals surface area contributed by atoms with Crippen molar-refractivity contribution in [1.82, 2.24) is 14.5 Å². The van der Waals surface area contributed by atoms with Gasteiger partial charge in [-0.1, -0.05) is 22.7 Å². The van der Waals surface area contributed by atoms with Gasteiger partial charge in [-0.25, -0.2) is 0 Å². The first-order valence-electron chi connectivity index (χ1n) is 6.42. The van der Waals surface area contributed by atoms with Gasteiger partial charge in [-0.15, -0.1) is 5.10 Å². The quantitative estimate of drug-likeness (QED) is 0.918. The molecule has 19 heavy (non-hydrogen) atoms. The molecule has 100 valence electrons.